The first kappa shape index (κ1) is 17.1. The summed E-state index contributed by atoms with van der Waals surface area (Å²) in [5, 5.41) is 1.33. The first-order chi connectivity index (χ1) is 13.7. The summed E-state index contributed by atoms with van der Waals surface area (Å²) in [6, 6.07) is 14.9. The summed E-state index contributed by atoms with van der Waals surface area (Å²) in [5.74, 6) is 0.823. The second kappa shape index (κ2) is 6.88. The van der Waals surface area contributed by atoms with Gasteiger partial charge in [0.25, 0.3) is 0 Å². The van der Waals surface area contributed by atoms with Crippen LogP contribution in [-0.4, -0.2) is 26.4 Å². The third kappa shape index (κ3) is 3.10. The van der Waals surface area contributed by atoms with Gasteiger partial charge in [-0.1, -0.05) is 48.0 Å². The maximum Gasteiger partial charge on any atom is 0.159 e. The Bertz CT molecular complexity index is 1140. The van der Waals surface area contributed by atoms with Crippen LogP contribution in [-0.2, 0) is 19.5 Å². The SMILES string of the molecule is Cc1ccc(-c2ncc3c(n2)CN(Cc2c[nH]c4c(C)cccc24)CC3)cc1. The highest BCUT2D eigenvalue weighted by molar-refractivity contribution is 5.85. The van der Waals surface area contributed by atoms with Gasteiger partial charge in [0.1, 0.15) is 0 Å². The van der Waals surface area contributed by atoms with Crippen LogP contribution in [0.4, 0.5) is 0 Å². The fourth-order valence-corrected chi connectivity index (χ4v) is 4.07. The first-order valence-corrected chi connectivity index (χ1v) is 9.87. The molecule has 4 nitrogen and oxygen atoms in total. The van der Waals surface area contributed by atoms with Crippen molar-refractivity contribution in [1.29, 1.82) is 0 Å². The van der Waals surface area contributed by atoms with E-state index in [1.54, 1.807) is 0 Å². The Hall–Kier alpha value is -2.98. The summed E-state index contributed by atoms with van der Waals surface area (Å²) >= 11 is 0. The van der Waals surface area contributed by atoms with Crippen molar-refractivity contribution in [3.63, 3.8) is 0 Å². The number of benzene rings is 2. The molecule has 0 spiro atoms. The number of rotatable bonds is 3. The topological polar surface area (TPSA) is 44.8 Å². The lowest BCUT2D eigenvalue weighted by Gasteiger charge is -2.27. The average molecular weight is 368 g/mol. The maximum atomic E-state index is 4.91. The third-order valence-corrected chi connectivity index (χ3v) is 5.74. The van der Waals surface area contributed by atoms with Crippen molar-refractivity contribution >= 4 is 10.9 Å². The maximum absolute atomic E-state index is 4.91. The molecule has 0 amide bonds. The number of hydrogen-bond acceptors (Lipinski definition) is 3. The van der Waals surface area contributed by atoms with E-state index >= 15 is 0 Å². The number of fused-ring (bicyclic) bond motifs is 2. The van der Waals surface area contributed by atoms with Gasteiger partial charge in [-0.25, -0.2) is 9.97 Å². The Balaban J connectivity index is 1.40. The molecule has 0 fully saturated rings. The average Bonchev–Trinajstić information content (AvgIpc) is 3.12. The minimum Gasteiger partial charge on any atom is -0.361 e. The predicted molar refractivity (Wildman–Crippen MR) is 113 cm³/mol. The Labute approximate surface area is 165 Å². The van der Waals surface area contributed by atoms with Crippen LogP contribution >= 0.6 is 0 Å². The van der Waals surface area contributed by atoms with E-state index in [9.17, 15) is 0 Å². The van der Waals surface area contributed by atoms with E-state index in [0.29, 0.717) is 0 Å². The molecule has 5 rings (SSSR count). The molecule has 0 saturated heterocycles. The number of H-pyrrole nitrogens is 1. The molecule has 3 heterocycles. The van der Waals surface area contributed by atoms with Crippen LogP contribution in [0.2, 0.25) is 0 Å². The largest absolute Gasteiger partial charge is 0.361 e. The van der Waals surface area contributed by atoms with Gasteiger partial charge in [0.2, 0.25) is 0 Å². The summed E-state index contributed by atoms with van der Waals surface area (Å²) in [6.45, 7) is 7.10. The molecule has 1 aliphatic rings. The van der Waals surface area contributed by atoms with Crippen molar-refractivity contribution in [1.82, 2.24) is 19.9 Å². The van der Waals surface area contributed by atoms with Crippen molar-refractivity contribution in [3.05, 3.63) is 82.8 Å². The summed E-state index contributed by atoms with van der Waals surface area (Å²) in [5.41, 5.74) is 8.67. The molecule has 0 radical (unpaired) electrons. The Morgan fingerprint density at radius 3 is 2.79 bits per heavy atom. The minimum absolute atomic E-state index is 0.823. The van der Waals surface area contributed by atoms with Crippen molar-refractivity contribution in [3.8, 4) is 11.4 Å². The van der Waals surface area contributed by atoms with Gasteiger partial charge in [-0.3, -0.25) is 4.90 Å². The van der Waals surface area contributed by atoms with Gasteiger partial charge in [0.05, 0.1) is 5.69 Å². The smallest absolute Gasteiger partial charge is 0.159 e. The molecule has 0 atom stereocenters. The third-order valence-electron chi connectivity index (χ3n) is 5.74. The predicted octanol–water partition coefficient (Wildman–Crippen LogP) is 4.80. The standard InChI is InChI=1S/C24H24N4/c1-16-6-8-18(9-7-16)24-26-12-19-10-11-28(15-22(19)27-24)14-20-13-25-23-17(2)4-3-5-21(20)23/h3-9,12-13,25H,10-11,14-15H2,1-2H3. The Morgan fingerprint density at radius 1 is 1.07 bits per heavy atom. The van der Waals surface area contributed by atoms with E-state index in [0.717, 1.165) is 43.1 Å². The van der Waals surface area contributed by atoms with E-state index < -0.39 is 0 Å². The molecule has 28 heavy (non-hydrogen) atoms. The van der Waals surface area contributed by atoms with Gasteiger partial charge in [0, 0.05) is 48.5 Å². The van der Waals surface area contributed by atoms with E-state index in [2.05, 4.69) is 77.4 Å². The molecule has 0 unspecified atom stereocenters. The molecule has 0 bridgehead atoms. The highest BCUT2D eigenvalue weighted by Gasteiger charge is 2.20. The van der Waals surface area contributed by atoms with Crippen LogP contribution in [0.25, 0.3) is 22.3 Å². The minimum atomic E-state index is 0.823. The summed E-state index contributed by atoms with van der Waals surface area (Å²) in [4.78, 5) is 15.5. The molecule has 0 aliphatic carbocycles. The second-order valence-corrected chi connectivity index (χ2v) is 7.80. The number of aromatic amines is 1. The number of nitrogens with one attached hydrogen (secondary N) is 1. The number of aromatic nitrogens is 3. The van der Waals surface area contributed by atoms with Crippen molar-refractivity contribution in [2.75, 3.05) is 6.54 Å². The van der Waals surface area contributed by atoms with Crippen molar-refractivity contribution in [2.24, 2.45) is 0 Å². The lowest BCUT2D eigenvalue weighted by Crippen LogP contribution is -2.31. The zero-order valence-corrected chi connectivity index (χ0v) is 16.4. The molecule has 1 aliphatic heterocycles. The molecule has 4 heteroatoms. The molecule has 2 aromatic heterocycles. The fraction of sp³-hybridized carbons (Fsp3) is 0.250. The Morgan fingerprint density at radius 2 is 1.93 bits per heavy atom. The lowest BCUT2D eigenvalue weighted by atomic mass is 10.0. The highest BCUT2D eigenvalue weighted by atomic mass is 15.1. The second-order valence-electron chi connectivity index (χ2n) is 7.80. The molecule has 1 N–H and O–H groups in total. The molecular formula is C24H24N4. The van der Waals surface area contributed by atoms with Crippen LogP contribution in [0, 0.1) is 13.8 Å². The van der Waals surface area contributed by atoms with Gasteiger partial charge < -0.3 is 4.98 Å². The monoisotopic (exact) mass is 368 g/mol. The highest BCUT2D eigenvalue weighted by Crippen LogP contribution is 2.26. The number of aryl methyl sites for hydroxylation is 2. The number of nitrogens with zero attached hydrogens (tertiary/aromatic N) is 3. The van der Waals surface area contributed by atoms with E-state index in [4.69, 9.17) is 4.98 Å². The lowest BCUT2D eigenvalue weighted by molar-refractivity contribution is 0.242. The fourth-order valence-electron chi connectivity index (χ4n) is 4.07. The zero-order chi connectivity index (χ0) is 19.1. The summed E-state index contributed by atoms with van der Waals surface area (Å²) in [6.07, 6.45) is 5.18. The van der Waals surface area contributed by atoms with Crippen LogP contribution in [0.15, 0.2) is 54.9 Å². The molecule has 2 aromatic carbocycles. The van der Waals surface area contributed by atoms with Gasteiger partial charge in [0.15, 0.2) is 5.82 Å². The van der Waals surface area contributed by atoms with E-state index in [1.165, 1.54) is 33.2 Å². The Kier molecular flexibility index (Phi) is 4.21. The molecule has 4 aromatic rings. The normalized spacial score (nSPS) is 14.4. The molecule has 140 valence electrons. The van der Waals surface area contributed by atoms with Gasteiger partial charge in [-0.05, 0) is 37.0 Å². The zero-order valence-electron chi connectivity index (χ0n) is 16.4. The van der Waals surface area contributed by atoms with E-state index in [1.807, 2.05) is 6.20 Å². The van der Waals surface area contributed by atoms with Crippen molar-refractivity contribution < 1.29 is 0 Å². The van der Waals surface area contributed by atoms with Crippen LogP contribution < -0.4 is 0 Å². The first-order valence-electron chi connectivity index (χ1n) is 9.87. The number of hydrogen-bond donors (Lipinski definition) is 1. The molecular weight excluding hydrogens is 344 g/mol. The quantitative estimate of drug-likeness (QED) is 0.565. The number of para-hydroxylation sites is 1. The van der Waals surface area contributed by atoms with Crippen LogP contribution in [0.5, 0.6) is 0 Å². The van der Waals surface area contributed by atoms with Gasteiger partial charge in [-0.15, -0.1) is 0 Å². The van der Waals surface area contributed by atoms with E-state index in [-0.39, 0.29) is 0 Å². The molecule has 0 saturated carbocycles. The van der Waals surface area contributed by atoms with Gasteiger partial charge in [-0.2, -0.15) is 0 Å². The summed E-state index contributed by atoms with van der Waals surface area (Å²) in [7, 11) is 0. The van der Waals surface area contributed by atoms with Crippen molar-refractivity contribution in [2.45, 2.75) is 33.4 Å². The van der Waals surface area contributed by atoms with Crippen LogP contribution in [0.3, 0.4) is 0 Å². The van der Waals surface area contributed by atoms with Crippen LogP contribution in [0.1, 0.15) is 27.9 Å². The summed E-state index contributed by atoms with van der Waals surface area (Å²) < 4.78 is 0. The van der Waals surface area contributed by atoms with Gasteiger partial charge >= 0.3 is 0 Å².